The second-order valence-electron chi connectivity index (χ2n) is 5.94. The summed E-state index contributed by atoms with van der Waals surface area (Å²) < 4.78 is 24.2. The number of hydrogen-bond donors (Lipinski definition) is 2. The van der Waals surface area contributed by atoms with Crippen LogP contribution in [0, 0.1) is 5.82 Å². The molecule has 5 nitrogen and oxygen atoms in total. The molecule has 0 unspecified atom stereocenters. The third-order valence-corrected chi connectivity index (χ3v) is 3.84. The minimum absolute atomic E-state index is 0.317. The third-order valence-electron chi connectivity index (χ3n) is 3.84. The van der Waals surface area contributed by atoms with Crippen LogP contribution in [0.25, 0.3) is 0 Å². The van der Waals surface area contributed by atoms with E-state index in [0.717, 1.165) is 5.56 Å². The summed E-state index contributed by atoms with van der Waals surface area (Å²) in [5.41, 5.74) is 1.48. The van der Waals surface area contributed by atoms with E-state index in [-0.39, 0.29) is 11.8 Å². The number of nitrogens with one attached hydrogen (secondary N) is 2. The van der Waals surface area contributed by atoms with Crippen LogP contribution >= 0.6 is 0 Å². The molecular weight excluding hydrogens is 359 g/mol. The van der Waals surface area contributed by atoms with Crippen LogP contribution in [0.1, 0.15) is 12.5 Å². The molecule has 0 saturated heterocycles. The molecule has 3 rings (SSSR count). The normalized spacial score (nSPS) is 10.2. The molecule has 0 fully saturated rings. The molecule has 0 aliphatic carbocycles. The van der Waals surface area contributed by atoms with E-state index in [1.54, 1.807) is 30.3 Å². The van der Waals surface area contributed by atoms with Crippen LogP contribution < -0.4 is 20.1 Å². The maximum Gasteiger partial charge on any atom is 0.319 e. The second kappa shape index (κ2) is 9.41. The first-order valence-corrected chi connectivity index (χ1v) is 8.93. The van der Waals surface area contributed by atoms with E-state index in [2.05, 4.69) is 10.6 Å². The average Bonchev–Trinajstić information content (AvgIpc) is 2.70. The lowest BCUT2D eigenvalue weighted by Gasteiger charge is -2.12. The fraction of sp³-hybridized carbons (Fsp3) is 0.136. The summed E-state index contributed by atoms with van der Waals surface area (Å²) in [5.74, 6) is 1.45. The van der Waals surface area contributed by atoms with E-state index in [1.165, 1.54) is 12.1 Å². The topological polar surface area (TPSA) is 59.6 Å². The van der Waals surface area contributed by atoms with Crippen molar-refractivity contribution in [1.29, 1.82) is 0 Å². The summed E-state index contributed by atoms with van der Waals surface area (Å²) in [4.78, 5) is 12.2. The smallest absolute Gasteiger partial charge is 0.319 e. The van der Waals surface area contributed by atoms with Gasteiger partial charge in [0, 0.05) is 6.54 Å². The van der Waals surface area contributed by atoms with Crippen LogP contribution in [0.3, 0.4) is 0 Å². The van der Waals surface area contributed by atoms with Gasteiger partial charge in [-0.3, -0.25) is 0 Å². The van der Waals surface area contributed by atoms with Gasteiger partial charge in [-0.2, -0.15) is 0 Å². The first-order valence-electron chi connectivity index (χ1n) is 8.93. The summed E-state index contributed by atoms with van der Waals surface area (Å²) in [6.45, 7) is 2.72. The Balaban J connectivity index is 1.57. The summed E-state index contributed by atoms with van der Waals surface area (Å²) in [5, 5.41) is 5.59. The zero-order valence-corrected chi connectivity index (χ0v) is 15.4. The van der Waals surface area contributed by atoms with Crippen molar-refractivity contribution < 1.29 is 18.7 Å². The summed E-state index contributed by atoms with van der Waals surface area (Å²) in [7, 11) is 0. The number of rotatable bonds is 7. The molecule has 0 heterocycles. The molecule has 144 valence electrons. The Bertz CT molecular complexity index is 929. The lowest BCUT2D eigenvalue weighted by atomic mass is 10.2. The van der Waals surface area contributed by atoms with Gasteiger partial charge < -0.3 is 20.1 Å². The van der Waals surface area contributed by atoms with Crippen LogP contribution in [0.15, 0.2) is 72.8 Å². The average molecular weight is 380 g/mol. The maximum absolute atomic E-state index is 13.0. The highest BCUT2D eigenvalue weighted by Crippen LogP contribution is 2.24. The van der Waals surface area contributed by atoms with Gasteiger partial charge in [-0.1, -0.05) is 24.3 Å². The Hall–Kier alpha value is -3.54. The number of ether oxygens (including phenoxy) is 2. The van der Waals surface area contributed by atoms with Crippen molar-refractivity contribution in [3.63, 3.8) is 0 Å². The number of halogens is 1. The molecule has 0 spiro atoms. The third kappa shape index (κ3) is 5.48. The molecule has 6 heteroatoms. The monoisotopic (exact) mass is 380 g/mol. The minimum Gasteiger partial charge on any atom is -0.492 e. The summed E-state index contributed by atoms with van der Waals surface area (Å²) >= 11 is 0. The van der Waals surface area contributed by atoms with Crippen molar-refractivity contribution >= 4 is 11.7 Å². The predicted molar refractivity (Wildman–Crippen MR) is 106 cm³/mol. The Labute approximate surface area is 163 Å². The van der Waals surface area contributed by atoms with Gasteiger partial charge in [0.05, 0.1) is 12.3 Å². The van der Waals surface area contributed by atoms with Gasteiger partial charge in [-0.05, 0) is 61.0 Å². The fourth-order valence-corrected chi connectivity index (χ4v) is 2.56. The summed E-state index contributed by atoms with van der Waals surface area (Å²) in [6.07, 6.45) is 0. The molecule has 3 aromatic carbocycles. The zero-order valence-electron chi connectivity index (χ0n) is 15.4. The fourth-order valence-electron chi connectivity index (χ4n) is 2.56. The van der Waals surface area contributed by atoms with Gasteiger partial charge in [0.25, 0.3) is 0 Å². The van der Waals surface area contributed by atoms with Gasteiger partial charge in [0.15, 0.2) is 0 Å². The Morgan fingerprint density at radius 1 is 0.964 bits per heavy atom. The second-order valence-corrected chi connectivity index (χ2v) is 5.94. The highest BCUT2D eigenvalue weighted by molar-refractivity contribution is 5.90. The Kier molecular flexibility index (Phi) is 6.46. The van der Waals surface area contributed by atoms with Crippen molar-refractivity contribution in [1.82, 2.24) is 5.32 Å². The lowest BCUT2D eigenvalue weighted by Crippen LogP contribution is -2.28. The van der Waals surface area contributed by atoms with Gasteiger partial charge in [0.1, 0.15) is 23.1 Å². The van der Waals surface area contributed by atoms with Crippen molar-refractivity contribution in [2.24, 2.45) is 0 Å². The lowest BCUT2D eigenvalue weighted by molar-refractivity contribution is 0.251. The Morgan fingerprint density at radius 2 is 1.75 bits per heavy atom. The predicted octanol–water partition coefficient (Wildman–Crippen LogP) is 5.34. The van der Waals surface area contributed by atoms with E-state index >= 15 is 0 Å². The van der Waals surface area contributed by atoms with Crippen molar-refractivity contribution in [2.75, 3.05) is 11.9 Å². The van der Waals surface area contributed by atoms with E-state index in [1.807, 2.05) is 37.3 Å². The molecule has 2 amide bonds. The number of benzene rings is 3. The van der Waals surface area contributed by atoms with Crippen molar-refractivity contribution in [3.8, 4) is 17.2 Å². The van der Waals surface area contributed by atoms with Crippen LogP contribution in [0.2, 0.25) is 0 Å². The molecule has 3 aromatic rings. The van der Waals surface area contributed by atoms with Gasteiger partial charge in [-0.15, -0.1) is 0 Å². The maximum atomic E-state index is 13.0. The minimum atomic E-state index is -0.336. The molecule has 0 radical (unpaired) electrons. The number of anilines is 1. The molecule has 0 bridgehead atoms. The first kappa shape index (κ1) is 19.2. The molecule has 0 saturated carbocycles. The Morgan fingerprint density at radius 3 is 2.54 bits per heavy atom. The highest BCUT2D eigenvalue weighted by atomic mass is 19.1. The molecule has 2 N–H and O–H groups in total. The summed E-state index contributed by atoms with van der Waals surface area (Å²) in [6, 6.07) is 20.0. The molecule has 0 aliphatic rings. The quantitative estimate of drug-likeness (QED) is 0.582. The highest BCUT2D eigenvalue weighted by Gasteiger charge is 2.07. The van der Waals surface area contributed by atoms with Crippen molar-refractivity contribution in [2.45, 2.75) is 13.5 Å². The molecule has 0 atom stereocenters. The zero-order chi connectivity index (χ0) is 19.8. The van der Waals surface area contributed by atoms with E-state index in [9.17, 15) is 9.18 Å². The largest absolute Gasteiger partial charge is 0.492 e. The van der Waals surface area contributed by atoms with Crippen LogP contribution in [-0.4, -0.2) is 12.6 Å². The van der Waals surface area contributed by atoms with Crippen LogP contribution in [0.5, 0.6) is 17.2 Å². The van der Waals surface area contributed by atoms with E-state index in [4.69, 9.17) is 9.47 Å². The van der Waals surface area contributed by atoms with Crippen molar-refractivity contribution in [3.05, 3.63) is 84.2 Å². The van der Waals surface area contributed by atoms with Gasteiger partial charge in [0.2, 0.25) is 0 Å². The van der Waals surface area contributed by atoms with Crippen LogP contribution in [-0.2, 0) is 6.54 Å². The molecule has 0 aromatic heterocycles. The van der Waals surface area contributed by atoms with Gasteiger partial charge in [-0.25, -0.2) is 9.18 Å². The first-order chi connectivity index (χ1) is 13.6. The number of carbonyl (C=O) groups is 1. The van der Waals surface area contributed by atoms with E-state index < -0.39 is 0 Å². The number of para-hydroxylation sites is 2. The number of hydrogen-bond acceptors (Lipinski definition) is 3. The number of amides is 2. The van der Waals surface area contributed by atoms with E-state index in [0.29, 0.717) is 36.1 Å². The standard InChI is InChI=1S/C22H21FN2O3/c1-2-27-21-9-4-3-8-20(21)25-22(26)24-15-16-6-5-7-19(14-16)28-18-12-10-17(23)11-13-18/h3-14H,2,15H2,1H3,(H2,24,25,26). The van der Waals surface area contributed by atoms with Gasteiger partial charge >= 0.3 is 6.03 Å². The molecular formula is C22H21FN2O3. The molecule has 28 heavy (non-hydrogen) atoms. The SMILES string of the molecule is CCOc1ccccc1NC(=O)NCc1cccc(Oc2ccc(F)cc2)c1. The van der Waals surface area contributed by atoms with Crippen LogP contribution in [0.4, 0.5) is 14.9 Å². The molecule has 0 aliphatic heterocycles. The number of urea groups is 1. The number of carbonyl (C=O) groups excluding carboxylic acids is 1.